The number of piperidine rings is 1. The first-order chi connectivity index (χ1) is 8.84. The zero-order valence-electron chi connectivity index (χ0n) is 11.3. The van der Waals surface area contributed by atoms with E-state index >= 15 is 0 Å². The number of hydrogen-bond acceptors (Lipinski definition) is 3. The fourth-order valence-electron chi connectivity index (χ4n) is 3.46. The maximum atomic E-state index is 5.22. The van der Waals surface area contributed by atoms with Crippen molar-refractivity contribution in [3.05, 3.63) is 24.2 Å². The lowest BCUT2D eigenvalue weighted by Gasteiger charge is -2.40. The first-order valence-electron chi connectivity index (χ1n) is 7.35. The molecule has 2 fully saturated rings. The van der Waals surface area contributed by atoms with Gasteiger partial charge in [-0.1, -0.05) is 0 Å². The van der Waals surface area contributed by atoms with Crippen LogP contribution in [0.5, 0.6) is 0 Å². The van der Waals surface area contributed by atoms with Crippen LogP contribution >= 0.6 is 0 Å². The average molecular weight is 248 g/mol. The highest BCUT2D eigenvalue weighted by Crippen LogP contribution is 2.27. The van der Waals surface area contributed by atoms with Crippen LogP contribution in [0, 0.1) is 0 Å². The van der Waals surface area contributed by atoms with E-state index in [2.05, 4.69) is 22.8 Å². The van der Waals surface area contributed by atoms with Gasteiger partial charge in [-0.15, -0.1) is 0 Å². The van der Waals surface area contributed by atoms with Gasteiger partial charge in [-0.2, -0.15) is 0 Å². The Morgan fingerprint density at radius 3 is 2.78 bits per heavy atom. The van der Waals surface area contributed by atoms with Gasteiger partial charge < -0.3 is 4.42 Å². The molecule has 0 N–H and O–H groups in total. The van der Waals surface area contributed by atoms with E-state index in [0.717, 1.165) is 6.04 Å². The van der Waals surface area contributed by atoms with E-state index in [-0.39, 0.29) is 0 Å². The molecule has 3 heterocycles. The second-order valence-corrected chi connectivity index (χ2v) is 5.77. The van der Waals surface area contributed by atoms with Crippen molar-refractivity contribution in [2.24, 2.45) is 0 Å². The van der Waals surface area contributed by atoms with Gasteiger partial charge in [0.25, 0.3) is 0 Å². The maximum Gasteiger partial charge on any atom is 0.0950 e. The van der Waals surface area contributed by atoms with E-state index < -0.39 is 0 Å². The minimum absolute atomic E-state index is 0.495. The Morgan fingerprint density at radius 2 is 2.06 bits per heavy atom. The monoisotopic (exact) mass is 248 g/mol. The summed E-state index contributed by atoms with van der Waals surface area (Å²) in [6, 6.07) is 3.38. The molecule has 0 radical (unpaired) electrons. The summed E-state index contributed by atoms with van der Waals surface area (Å²) in [6.07, 6.45) is 9.19. The van der Waals surface area contributed by atoms with Crippen LogP contribution in [-0.4, -0.2) is 42.0 Å². The Balaban J connectivity index is 1.62. The van der Waals surface area contributed by atoms with Crippen molar-refractivity contribution in [2.45, 2.75) is 44.7 Å². The SMILES string of the molecule is C[C@@H](c1ccoc1)N1CCC[C@@H](N2CCCC2)C1. The number of furan rings is 1. The third kappa shape index (κ3) is 2.47. The zero-order valence-corrected chi connectivity index (χ0v) is 11.3. The molecule has 3 rings (SSSR count). The Kier molecular flexibility index (Phi) is 3.71. The molecule has 0 bridgehead atoms. The molecule has 1 aromatic heterocycles. The van der Waals surface area contributed by atoms with Gasteiger partial charge in [0.15, 0.2) is 0 Å². The third-order valence-electron chi connectivity index (χ3n) is 4.66. The molecule has 0 saturated carbocycles. The Bertz CT molecular complexity index is 357. The number of likely N-dealkylation sites (tertiary alicyclic amines) is 2. The summed E-state index contributed by atoms with van der Waals surface area (Å²) in [5, 5.41) is 0. The van der Waals surface area contributed by atoms with Crippen molar-refractivity contribution in [2.75, 3.05) is 26.2 Å². The van der Waals surface area contributed by atoms with Crippen LogP contribution in [0.4, 0.5) is 0 Å². The number of hydrogen-bond donors (Lipinski definition) is 0. The maximum absolute atomic E-state index is 5.22. The first kappa shape index (κ1) is 12.2. The summed E-state index contributed by atoms with van der Waals surface area (Å²) < 4.78 is 5.22. The van der Waals surface area contributed by atoms with Gasteiger partial charge in [0, 0.05) is 24.2 Å². The van der Waals surface area contributed by atoms with E-state index in [1.165, 1.54) is 57.4 Å². The second kappa shape index (κ2) is 5.45. The molecular weight excluding hydrogens is 224 g/mol. The average Bonchev–Trinajstić information content (AvgIpc) is 3.11. The second-order valence-electron chi connectivity index (χ2n) is 5.77. The Hall–Kier alpha value is -0.800. The molecule has 18 heavy (non-hydrogen) atoms. The number of nitrogens with zero attached hydrogens (tertiary/aromatic N) is 2. The molecular formula is C15H24N2O. The molecule has 2 aliphatic rings. The van der Waals surface area contributed by atoms with Crippen LogP contribution in [0.25, 0.3) is 0 Å². The fraction of sp³-hybridized carbons (Fsp3) is 0.733. The van der Waals surface area contributed by atoms with Crippen LogP contribution in [0.15, 0.2) is 23.0 Å². The summed E-state index contributed by atoms with van der Waals surface area (Å²) in [7, 11) is 0. The van der Waals surface area contributed by atoms with Gasteiger partial charge in [0.2, 0.25) is 0 Å². The van der Waals surface area contributed by atoms with Crippen molar-refractivity contribution in [3.8, 4) is 0 Å². The smallest absolute Gasteiger partial charge is 0.0950 e. The molecule has 2 aliphatic heterocycles. The quantitative estimate of drug-likeness (QED) is 0.820. The molecule has 3 nitrogen and oxygen atoms in total. The van der Waals surface area contributed by atoms with Gasteiger partial charge in [-0.25, -0.2) is 0 Å². The molecule has 1 aromatic rings. The summed E-state index contributed by atoms with van der Waals surface area (Å²) in [5.74, 6) is 0. The van der Waals surface area contributed by atoms with E-state index in [9.17, 15) is 0 Å². The zero-order chi connectivity index (χ0) is 12.4. The highest BCUT2D eigenvalue weighted by atomic mass is 16.3. The van der Waals surface area contributed by atoms with Gasteiger partial charge in [-0.3, -0.25) is 9.80 Å². The third-order valence-corrected chi connectivity index (χ3v) is 4.66. The summed E-state index contributed by atoms with van der Waals surface area (Å²) in [5.41, 5.74) is 1.32. The predicted octanol–water partition coefficient (Wildman–Crippen LogP) is 2.90. The summed E-state index contributed by atoms with van der Waals surface area (Å²) >= 11 is 0. The van der Waals surface area contributed by atoms with Gasteiger partial charge in [0.05, 0.1) is 12.5 Å². The largest absolute Gasteiger partial charge is 0.472 e. The normalized spacial score (nSPS) is 28.6. The van der Waals surface area contributed by atoms with Crippen molar-refractivity contribution >= 4 is 0 Å². The van der Waals surface area contributed by atoms with Crippen LogP contribution in [0.3, 0.4) is 0 Å². The van der Waals surface area contributed by atoms with Crippen molar-refractivity contribution < 1.29 is 4.42 Å². The highest BCUT2D eigenvalue weighted by Gasteiger charge is 2.29. The van der Waals surface area contributed by atoms with E-state index in [4.69, 9.17) is 4.42 Å². The summed E-state index contributed by atoms with van der Waals surface area (Å²) in [4.78, 5) is 5.32. The lowest BCUT2D eigenvalue weighted by Crippen LogP contribution is -2.47. The summed E-state index contributed by atoms with van der Waals surface area (Å²) in [6.45, 7) is 7.40. The molecule has 3 heteroatoms. The minimum Gasteiger partial charge on any atom is -0.472 e. The lowest BCUT2D eigenvalue weighted by atomic mass is 10.0. The van der Waals surface area contributed by atoms with Crippen LogP contribution in [0.1, 0.15) is 44.2 Å². The predicted molar refractivity (Wildman–Crippen MR) is 72.5 cm³/mol. The molecule has 0 spiro atoms. The van der Waals surface area contributed by atoms with Gasteiger partial charge >= 0.3 is 0 Å². The van der Waals surface area contributed by atoms with Crippen LogP contribution in [0.2, 0.25) is 0 Å². The minimum atomic E-state index is 0.495. The van der Waals surface area contributed by atoms with Crippen molar-refractivity contribution in [1.29, 1.82) is 0 Å². The van der Waals surface area contributed by atoms with Crippen molar-refractivity contribution in [3.63, 3.8) is 0 Å². The van der Waals surface area contributed by atoms with Gasteiger partial charge in [-0.05, 0) is 58.3 Å². The molecule has 2 saturated heterocycles. The fourth-order valence-corrected chi connectivity index (χ4v) is 3.46. The molecule has 2 atom stereocenters. The number of rotatable bonds is 3. The van der Waals surface area contributed by atoms with Crippen molar-refractivity contribution in [1.82, 2.24) is 9.80 Å². The molecule has 0 aliphatic carbocycles. The van der Waals surface area contributed by atoms with Crippen LogP contribution in [-0.2, 0) is 0 Å². The van der Waals surface area contributed by atoms with Crippen LogP contribution < -0.4 is 0 Å². The Morgan fingerprint density at radius 1 is 1.22 bits per heavy atom. The molecule has 0 amide bonds. The van der Waals surface area contributed by atoms with E-state index in [1.54, 1.807) is 6.26 Å². The Labute approximate surface area is 110 Å². The molecule has 100 valence electrons. The van der Waals surface area contributed by atoms with Gasteiger partial charge in [0.1, 0.15) is 0 Å². The molecule has 0 unspecified atom stereocenters. The highest BCUT2D eigenvalue weighted by molar-refractivity contribution is 5.11. The molecule has 0 aromatic carbocycles. The topological polar surface area (TPSA) is 19.6 Å². The standard InChI is InChI=1S/C15H24N2O/c1-13(14-6-10-18-12-14)17-9-4-5-15(11-17)16-7-2-3-8-16/h6,10,12-13,15H,2-5,7-9,11H2,1H3/t13-,15+/m0/s1. The first-order valence-corrected chi connectivity index (χ1v) is 7.35. The lowest BCUT2D eigenvalue weighted by molar-refractivity contribution is 0.0885. The van der Waals surface area contributed by atoms with E-state index in [0.29, 0.717) is 6.04 Å². The van der Waals surface area contributed by atoms with E-state index in [1.807, 2.05) is 6.26 Å².